The predicted molar refractivity (Wildman–Crippen MR) is 122 cm³/mol. The minimum atomic E-state index is -0.260. The van der Waals surface area contributed by atoms with Gasteiger partial charge in [0.1, 0.15) is 18.1 Å². The van der Waals surface area contributed by atoms with Gasteiger partial charge in [0, 0.05) is 29.1 Å². The van der Waals surface area contributed by atoms with Crippen LogP contribution in [0.5, 0.6) is 11.5 Å². The first kappa shape index (κ1) is 21.0. The molecule has 4 aromatic rings. The van der Waals surface area contributed by atoms with Crippen molar-refractivity contribution in [1.82, 2.24) is 15.0 Å². The van der Waals surface area contributed by atoms with E-state index in [1.54, 1.807) is 48.8 Å². The first-order chi connectivity index (χ1) is 15.5. The van der Waals surface area contributed by atoms with Gasteiger partial charge in [-0.1, -0.05) is 18.2 Å². The maximum Gasteiger partial charge on any atom is 0.255 e. The third-order valence-electron chi connectivity index (χ3n) is 4.84. The molecule has 0 unspecified atom stereocenters. The molecule has 0 spiro atoms. The number of phenolic OH excluding ortho intramolecular Hbond substituents is 1. The van der Waals surface area contributed by atoms with Gasteiger partial charge in [0.05, 0.1) is 18.1 Å². The predicted octanol–water partition coefficient (Wildman–Crippen LogP) is 4.69. The number of aryl methyl sites for hydroxylation is 2. The number of anilines is 1. The van der Waals surface area contributed by atoms with Gasteiger partial charge in [-0.25, -0.2) is 9.97 Å². The summed E-state index contributed by atoms with van der Waals surface area (Å²) < 4.78 is 5.96. The number of hydrogen-bond acceptors (Lipinski definition) is 6. The quantitative estimate of drug-likeness (QED) is 0.464. The molecular weight excluding hydrogens is 404 g/mol. The molecule has 7 heteroatoms. The normalized spacial score (nSPS) is 10.6. The highest BCUT2D eigenvalue weighted by molar-refractivity contribution is 6.04. The zero-order chi connectivity index (χ0) is 22.5. The Morgan fingerprint density at radius 3 is 2.41 bits per heavy atom. The van der Waals surface area contributed by atoms with E-state index in [0.717, 1.165) is 22.4 Å². The van der Waals surface area contributed by atoms with Gasteiger partial charge < -0.3 is 15.2 Å². The van der Waals surface area contributed by atoms with Crippen LogP contribution < -0.4 is 10.1 Å². The van der Waals surface area contributed by atoms with Gasteiger partial charge in [0.25, 0.3) is 5.91 Å². The number of ether oxygens (including phenoxy) is 1. The van der Waals surface area contributed by atoms with Crippen LogP contribution in [0.25, 0.3) is 11.4 Å². The summed E-state index contributed by atoms with van der Waals surface area (Å²) in [5.74, 6) is 1.09. The van der Waals surface area contributed by atoms with E-state index in [1.165, 1.54) is 12.4 Å². The number of amides is 1. The second-order valence-corrected chi connectivity index (χ2v) is 7.39. The SMILES string of the molecule is Cc1cc(C(=O)Nc2cnc(-c3cccc(O)c3)nc2)cc(C)c1OCc1cccnc1. The number of phenols is 1. The number of benzene rings is 2. The van der Waals surface area contributed by atoms with Crippen LogP contribution in [0.4, 0.5) is 5.69 Å². The molecule has 0 bridgehead atoms. The molecular formula is C25H22N4O3. The molecule has 0 atom stereocenters. The highest BCUT2D eigenvalue weighted by Crippen LogP contribution is 2.26. The highest BCUT2D eigenvalue weighted by atomic mass is 16.5. The van der Waals surface area contributed by atoms with E-state index >= 15 is 0 Å². The smallest absolute Gasteiger partial charge is 0.255 e. The molecule has 0 fully saturated rings. The summed E-state index contributed by atoms with van der Waals surface area (Å²) in [4.78, 5) is 25.4. The Balaban J connectivity index is 1.45. The Hall–Kier alpha value is -4.26. The van der Waals surface area contributed by atoms with Crippen molar-refractivity contribution in [3.05, 3.63) is 95.6 Å². The number of nitrogens with zero attached hydrogens (tertiary/aromatic N) is 3. The summed E-state index contributed by atoms with van der Waals surface area (Å²) in [5, 5.41) is 12.4. The molecule has 32 heavy (non-hydrogen) atoms. The van der Waals surface area contributed by atoms with Crippen LogP contribution in [0.15, 0.2) is 73.3 Å². The van der Waals surface area contributed by atoms with E-state index < -0.39 is 0 Å². The van der Waals surface area contributed by atoms with Crippen LogP contribution in [-0.2, 0) is 6.61 Å². The van der Waals surface area contributed by atoms with Crippen molar-refractivity contribution in [1.29, 1.82) is 0 Å². The molecule has 2 aromatic carbocycles. The molecule has 0 aliphatic carbocycles. The largest absolute Gasteiger partial charge is 0.508 e. The minimum Gasteiger partial charge on any atom is -0.508 e. The molecule has 160 valence electrons. The van der Waals surface area contributed by atoms with Crippen molar-refractivity contribution in [2.24, 2.45) is 0 Å². The fourth-order valence-electron chi connectivity index (χ4n) is 3.34. The number of aromatic hydroxyl groups is 1. The van der Waals surface area contributed by atoms with Crippen LogP contribution in [0, 0.1) is 13.8 Å². The minimum absolute atomic E-state index is 0.141. The van der Waals surface area contributed by atoms with E-state index in [0.29, 0.717) is 29.2 Å². The van der Waals surface area contributed by atoms with Gasteiger partial charge in [-0.05, 0) is 55.3 Å². The van der Waals surface area contributed by atoms with Crippen LogP contribution in [0.3, 0.4) is 0 Å². The van der Waals surface area contributed by atoms with Crippen LogP contribution in [0.1, 0.15) is 27.0 Å². The zero-order valence-electron chi connectivity index (χ0n) is 17.7. The van der Waals surface area contributed by atoms with Crippen molar-refractivity contribution in [3.63, 3.8) is 0 Å². The number of nitrogens with one attached hydrogen (secondary N) is 1. The van der Waals surface area contributed by atoms with Gasteiger partial charge in [-0.15, -0.1) is 0 Å². The van der Waals surface area contributed by atoms with Crippen molar-refractivity contribution < 1.29 is 14.6 Å². The Morgan fingerprint density at radius 1 is 1.00 bits per heavy atom. The lowest BCUT2D eigenvalue weighted by atomic mass is 10.0. The fraction of sp³-hybridized carbons (Fsp3) is 0.120. The Labute approximate surface area is 185 Å². The van der Waals surface area contributed by atoms with Gasteiger partial charge in [0.2, 0.25) is 0 Å². The molecule has 2 N–H and O–H groups in total. The molecule has 4 rings (SSSR count). The summed E-state index contributed by atoms with van der Waals surface area (Å²) >= 11 is 0. The molecule has 0 radical (unpaired) electrons. The van der Waals surface area contributed by atoms with Crippen LogP contribution in [0.2, 0.25) is 0 Å². The molecule has 1 amide bonds. The molecule has 0 aliphatic rings. The average molecular weight is 426 g/mol. The van der Waals surface area contributed by atoms with Gasteiger partial charge in [-0.2, -0.15) is 0 Å². The molecule has 2 heterocycles. The molecule has 0 saturated carbocycles. The number of aromatic nitrogens is 3. The third kappa shape index (κ3) is 4.89. The maximum atomic E-state index is 12.8. The molecule has 7 nitrogen and oxygen atoms in total. The average Bonchev–Trinajstić information content (AvgIpc) is 2.79. The van der Waals surface area contributed by atoms with E-state index in [1.807, 2.05) is 26.0 Å². The Bertz CT molecular complexity index is 1220. The van der Waals surface area contributed by atoms with Gasteiger partial charge in [-0.3, -0.25) is 9.78 Å². The lowest BCUT2D eigenvalue weighted by molar-refractivity contribution is 0.102. The first-order valence-electron chi connectivity index (χ1n) is 10.1. The number of carbonyl (C=O) groups excluding carboxylic acids is 1. The van der Waals surface area contributed by atoms with Crippen LogP contribution >= 0.6 is 0 Å². The van der Waals surface area contributed by atoms with E-state index in [-0.39, 0.29) is 11.7 Å². The van der Waals surface area contributed by atoms with E-state index in [9.17, 15) is 9.90 Å². The van der Waals surface area contributed by atoms with E-state index in [4.69, 9.17) is 4.74 Å². The summed E-state index contributed by atoms with van der Waals surface area (Å²) in [6.07, 6.45) is 6.56. The van der Waals surface area contributed by atoms with Gasteiger partial charge >= 0.3 is 0 Å². The summed E-state index contributed by atoms with van der Waals surface area (Å²) in [5.41, 5.74) is 4.40. The Morgan fingerprint density at radius 2 is 1.75 bits per heavy atom. The lowest BCUT2D eigenvalue weighted by Gasteiger charge is -2.14. The zero-order valence-corrected chi connectivity index (χ0v) is 17.7. The standard InChI is InChI=1S/C25H22N4O3/c1-16-9-20(10-17(2)23(16)32-15-18-5-4-8-26-12-18)25(31)29-21-13-27-24(28-14-21)19-6-3-7-22(30)11-19/h3-14,30H,15H2,1-2H3,(H,29,31). The molecule has 0 saturated heterocycles. The first-order valence-corrected chi connectivity index (χ1v) is 10.1. The maximum absolute atomic E-state index is 12.8. The van der Waals surface area contributed by atoms with Crippen molar-refractivity contribution in [2.45, 2.75) is 20.5 Å². The van der Waals surface area contributed by atoms with Crippen LogP contribution in [-0.4, -0.2) is 26.0 Å². The number of pyridine rings is 1. The number of carbonyl (C=O) groups is 1. The number of rotatable bonds is 6. The summed E-state index contributed by atoms with van der Waals surface area (Å²) in [6, 6.07) is 14.1. The second kappa shape index (κ2) is 9.26. The highest BCUT2D eigenvalue weighted by Gasteiger charge is 2.13. The van der Waals surface area contributed by atoms with Crippen molar-refractivity contribution in [2.75, 3.05) is 5.32 Å². The third-order valence-corrected chi connectivity index (χ3v) is 4.84. The lowest BCUT2D eigenvalue weighted by Crippen LogP contribution is -2.13. The monoisotopic (exact) mass is 426 g/mol. The topological polar surface area (TPSA) is 97.2 Å². The molecule has 0 aliphatic heterocycles. The van der Waals surface area contributed by atoms with Crippen molar-refractivity contribution in [3.8, 4) is 22.9 Å². The summed E-state index contributed by atoms with van der Waals surface area (Å²) in [7, 11) is 0. The fourth-order valence-corrected chi connectivity index (χ4v) is 3.34. The van der Waals surface area contributed by atoms with E-state index in [2.05, 4.69) is 20.3 Å². The van der Waals surface area contributed by atoms with Crippen molar-refractivity contribution >= 4 is 11.6 Å². The Kier molecular flexibility index (Phi) is 6.07. The molecule has 2 aromatic heterocycles. The van der Waals surface area contributed by atoms with Gasteiger partial charge in [0.15, 0.2) is 5.82 Å². The second-order valence-electron chi connectivity index (χ2n) is 7.39. The summed E-state index contributed by atoms with van der Waals surface area (Å²) in [6.45, 7) is 4.23. The number of hydrogen-bond donors (Lipinski definition) is 2.